The Bertz CT molecular complexity index is 952. The van der Waals surface area contributed by atoms with Crippen molar-refractivity contribution in [3.63, 3.8) is 0 Å². The molecule has 0 aliphatic carbocycles. The standard InChI is InChI=1S/C15H14ClNO2S.C4H10O4S/c16-12-4-2-1-3-11(12)14(15(18)19)17-7-5-13-10(9-17)6-8-20-13;1-4(2,3)8-9(5,6)7/h1-4,6,8,14H,5,7,9H2,(H,18,19);1-3H3,(H,5,6,7)/t14-;/m0./s1. The molecule has 1 aliphatic heterocycles. The zero-order valence-corrected chi connectivity index (χ0v) is 18.7. The minimum Gasteiger partial charge on any atom is -0.480 e. The molecule has 2 aromatic rings. The first kappa shape index (κ1) is 23.8. The number of fused-ring (bicyclic) bond motifs is 1. The predicted molar refractivity (Wildman–Crippen MR) is 113 cm³/mol. The minimum atomic E-state index is -4.28. The van der Waals surface area contributed by atoms with Crippen molar-refractivity contribution in [2.75, 3.05) is 6.54 Å². The van der Waals surface area contributed by atoms with Crippen LogP contribution < -0.4 is 0 Å². The van der Waals surface area contributed by atoms with E-state index in [1.807, 2.05) is 17.0 Å². The van der Waals surface area contributed by atoms with E-state index in [0.29, 0.717) is 17.1 Å². The van der Waals surface area contributed by atoms with Crippen molar-refractivity contribution >= 4 is 39.3 Å². The molecule has 1 aliphatic rings. The van der Waals surface area contributed by atoms with Crippen LogP contribution in [0.1, 0.15) is 42.8 Å². The minimum absolute atomic E-state index is 0.510. The van der Waals surface area contributed by atoms with Crippen LogP contribution in [-0.2, 0) is 32.3 Å². The molecule has 0 spiro atoms. The summed E-state index contributed by atoms with van der Waals surface area (Å²) in [6.45, 7) is 6.00. The number of carboxylic acid groups (broad SMARTS) is 1. The number of thiophene rings is 1. The summed E-state index contributed by atoms with van der Waals surface area (Å²) in [5.41, 5.74) is 1.05. The van der Waals surface area contributed by atoms with E-state index in [9.17, 15) is 18.3 Å². The van der Waals surface area contributed by atoms with E-state index in [4.69, 9.17) is 16.2 Å². The second-order valence-corrected chi connectivity index (χ2v) is 9.91. The molecule has 2 N–H and O–H groups in total. The fraction of sp³-hybridized carbons (Fsp3) is 0.421. The van der Waals surface area contributed by atoms with Gasteiger partial charge in [-0.2, -0.15) is 8.42 Å². The molecule has 1 aromatic carbocycles. The SMILES string of the molecule is CC(C)(C)OS(=O)(=O)O.O=C(O)[C@H](c1ccccc1Cl)N1CCc2sccc2C1. The highest BCUT2D eigenvalue weighted by Crippen LogP contribution is 2.33. The lowest BCUT2D eigenvalue weighted by Gasteiger charge is -2.32. The Kier molecular flexibility index (Phi) is 7.83. The van der Waals surface area contributed by atoms with Crippen molar-refractivity contribution in [3.05, 3.63) is 56.7 Å². The van der Waals surface area contributed by atoms with Crippen LogP contribution >= 0.6 is 22.9 Å². The van der Waals surface area contributed by atoms with Gasteiger partial charge in [0.2, 0.25) is 0 Å². The average Bonchev–Trinajstić information content (AvgIpc) is 3.01. The summed E-state index contributed by atoms with van der Waals surface area (Å²) in [4.78, 5) is 15.1. The molecule has 1 atom stereocenters. The molecule has 2 heterocycles. The van der Waals surface area contributed by atoms with E-state index in [-0.39, 0.29) is 0 Å². The first-order chi connectivity index (χ1) is 13.4. The highest BCUT2D eigenvalue weighted by molar-refractivity contribution is 7.80. The Morgan fingerprint density at radius 1 is 1.28 bits per heavy atom. The quantitative estimate of drug-likeness (QED) is 0.657. The van der Waals surface area contributed by atoms with Gasteiger partial charge in [0.25, 0.3) is 0 Å². The van der Waals surface area contributed by atoms with Crippen LogP contribution in [0.15, 0.2) is 35.7 Å². The van der Waals surface area contributed by atoms with Crippen molar-refractivity contribution < 1.29 is 27.1 Å². The third-order valence-corrected chi connectivity index (χ3v) is 6.07. The topological polar surface area (TPSA) is 104 Å². The van der Waals surface area contributed by atoms with Gasteiger partial charge in [-0.3, -0.25) is 14.2 Å². The van der Waals surface area contributed by atoms with Crippen molar-refractivity contribution in [1.29, 1.82) is 0 Å². The fourth-order valence-electron chi connectivity index (χ4n) is 2.99. The fourth-order valence-corrected chi connectivity index (χ4v) is 4.75. The molecule has 0 amide bonds. The number of halogens is 1. The molecule has 160 valence electrons. The maximum atomic E-state index is 11.7. The molecule has 0 unspecified atom stereocenters. The van der Waals surface area contributed by atoms with Crippen LogP contribution in [0.3, 0.4) is 0 Å². The van der Waals surface area contributed by atoms with Crippen LogP contribution in [0.25, 0.3) is 0 Å². The molecule has 0 saturated heterocycles. The highest BCUT2D eigenvalue weighted by atomic mass is 35.5. The Balaban J connectivity index is 0.000000284. The first-order valence-corrected chi connectivity index (χ1v) is 11.4. The van der Waals surface area contributed by atoms with Gasteiger partial charge < -0.3 is 5.11 Å². The number of benzene rings is 1. The third kappa shape index (κ3) is 7.36. The molecule has 29 heavy (non-hydrogen) atoms. The van der Waals surface area contributed by atoms with Crippen LogP contribution in [0.4, 0.5) is 0 Å². The largest absolute Gasteiger partial charge is 0.480 e. The highest BCUT2D eigenvalue weighted by Gasteiger charge is 2.31. The van der Waals surface area contributed by atoms with Gasteiger partial charge in [-0.1, -0.05) is 29.8 Å². The van der Waals surface area contributed by atoms with Crippen molar-refractivity contribution in [1.82, 2.24) is 4.90 Å². The van der Waals surface area contributed by atoms with Gasteiger partial charge >= 0.3 is 16.4 Å². The number of carboxylic acids is 1. The van der Waals surface area contributed by atoms with E-state index < -0.39 is 28.0 Å². The van der Waals surface area contributed by atoms with Crippen molar-refractivity contribution in [2.45, 2.75) is 45.4 Å². The molecule has 7 nitrogen and oxygen atoms in total. The first-order valence-electron chi connectivity index (χ1n) is 8.82. The predicted octanol–water partition coefficient (Wildman–Crippen LogP) is 4.19. The third-order valence-electron chi connectivity index (χ3n) is 3.99. The van der Waals surface area contributed by atoms with Gasteiger partial charge in [-0.15, -0.1) is 11.3 Å². The normalized spacial score (nSPS) is 15.8. The lowest BCUT2D eigenvalue weighted by Crippen LogP contribution is -2.37. The molecule has 0 bridgehead atoms. The van der Waals surface area contributed by atoms with E-state index in [1.54, 1.807) is 23.5 Å². The Morgan fingerprint density at radius 2 is 1.93 bits per heavy atom. The van der Waals surface area contributed by atoms with Crippen LogP contribution in [0.2, 0.25) is 5.02 Å². The number of aliphatic carboxylic acids is 1. The number of carbonyl (C=O) groups is 1. The zero-order chi connectivity index (χ0) is 21.8. The monoisotopic (exact) mass is 461 g/mol. The summed E-state index contributed by atoms with van der Waals surface area (Å²) in [7, 11) is -4.28. The summed E-state index contributed by atoms with van der Waals surface area (Å²) < 4.78 is 32.2. The second kappa shape index (κ2) is 9.55. The lowest BCUT2D eigenvalue weighted by atomic mass is 10.0. The van der Waals surface area contributed by atoms with E-state index in [1.165, 1.54) is 31.2 Å². The summed E-state index contributed by atoms with van der Waals surface area (Å²) in [6, 6.07) is 8.58. The summed E-state index contributed by atoms with van der Waals surface area (Å²) in [5.74, 6) is -0.850. The molecule has 3 rings (SSSR count). The van der Waals surface area contributed by atoms with Crippen molar-refractivity contribution in [2.24, 2.45) is 0 Å². The van der Waals surface area contributed by atoms with E-state index in [0.717, 1.165) is 13.0 Å². The van der Waals surface area contributed by atoms with Gasteiger partial charge in [0.15, 0.2) is 0 Å². The van der Waals surface area contributed by atoms with E-state index in [2.05, 4.69) is 15.6 Å². The molecule has 10 heteroatoms. The number of nitrogens with zero attached hydrogens (tertiary/aromatic N) is 1. The zero-order valence-electron chi connectivity index (χ0n) is 16.3. The average molecular weight is 462 g/mol. The summed E-state index contributed by atoms with van der Waals surface area (Å²) >= 11 is 7.92. The molecule has 0 saturated carbocycles. The number of hydrogen-bond acceptors (Lipinski definition) is 6. The summed E-state index contributed by atoms with van der Waals surface area (Å²) in [5, 5.41) is 12.2. The number of rotatable bonds is 4. The van der Waals surface area contributed by atoms with Crippen LogP contribution in [0, 0.1) is 0 Å². The van der Waals surface area contributed by atoms with E-state index >= 15 is 0 Å². The second-order valence-electron chi connectivity index (χ2n) is 7.48. The van der Waals surface area contributed by atoms with Gasteiger partial charge in [0.1, 0.15) is 6.04 Å². The van der Waals surface area contributed by atoms with Crippen LogP contribution in [0.5, 0.6) is 0 Å². The van der Waals surface area contributed by atoms with Crippen LogP contribution in [-0.4, -0.2) is 41.1 Å². The smallest absolute Gasteiger partial charge is 0.397 e. The maximum absolute atomic E-state index is 11.7. The van der Waals surface area contributed by atoms with Crippen molar-refractivity contribution in [3.8, 4) is 0 Å². The number of hydrogen-bond donors (Lipinski definition) is 2. The van der Waals surface area contributed by atoms with Gasteiger partial charge in [0, 0.05) is 23.0 Å². The van der Waals surface area contributed by atoms with Gasteiger partial charge in [0.05, 0.1) is 5.60 Å². The maximum Gasteiger partial charge on any atom is 0.397 e. The Labute approximate surface area is 179 Å². The molecular formula is C19H24ClNO6S2. The molecule has 0 fully saturated rings. The van der Waals surface area contributed by atoms with Gasteiger partial charge in [-0.25, -0.2) is 4.18 Å². The van der Waals surface area contributed by atoms with Gasteiger partial charge in [-0.05, 0) is 55.8 Å². The Hall–Kier alpha value is -1.49. The lowest BCUT2D eigenvalue weighted by molar-refractivity contribution is -0.144. The molecular weight excluding hydrogens is 438 g/mol. The Morgan fingerprint density at radius 3 is 2.45 bits per heavy atom. The molecule has 0 radical (unpaired) electrons. The summed E-state index contributed by atoms with van der Waals surface area (Å²) in [6.07, 6.45) is 0.904. The molecule has 1 aromatic heterocycles.